The molecule has 0 radical (unpaired) electrons. The number of carbonyl (C=O) groups is 1. The molecule has 60 valence electrons. The maximum Gasteiger partial charge on any atom is 0.334 e. The van der Waals surface area contributed by atoms with Crippen molar-refractivity contribution >= 4 is 5.97 Å². The summed E-state index contributed by atoms with van der Waals surface area (Å²) in [7, 11) is 0. The van der Waals surface area contributed by atoms with E-state index in [9.17, 15) is 4.79 Å². The first-order valence-corrected chi connectivity index (χ1v) is 3.46. The van der Waals surface area contributed by atoms with E-state index in [1.54, 1.807) is 6.08 Å². The lowest BCUT2D eigenvalue weighted by molar-refractivity contribution is -0.132. The maximum absolute atomic E-state index is 10.4. The molecule has 0 bridgehead atoms. The van der Waals surface area contributed by atoms with Crippen molar-refractivity contribution in [2.75, 3.05) is 0 Å². The molecule has 0 aliphatic heterocycles. The van der Waals surface area contributed by atoms with Crippen molar-refractivity contribution < 1.29 is 9.53 Å². The quantitative estimate of drug-likeness (QED) is 0.267. The highest BCUT2D eigenvalue weighted by atomic mass is 16.5. The van der Waals surface area contributed by atoms with Gasteiger partial charge in [-0.05, 0) is 12.5 Å². The topological polar surface area (TPSA) is 26.3 Å². The molecule has 0 N–H and O–H groups in total. The van der Waals surface area contributed by atoms with Gasteiger partial charge in [-0.25, -0.2) is 4.79 Å². The Labute approximate surface area is 66.9 Å². The second kappa shape index (κ2) is 6.81. The fraction of sp³-hybridized carbons (Fsp3) is 0.222. The van der Waals surface area contributed by atoms with E-state index >= 15 is 0 Å². The lowest BCUT2D eigenvalue weighted by Gasteiger charge is -1.87. The van der Waals surface area contributed by atoms with Gasteiger partial charge in [-0.1, -0.05) is 25.7 Å². The molecule has 0 aliphatic rings. The Morgan fingerprint density at radius 1 is 1.55 bits per heavy atom. The van der Waals surface area contributed by atoms with E-state index in [2.05, 4.69) is 11.3 Å². The molecule has 2 heteroatoms. The van der Waals surface area contributed by atoms with Gasteiger partial charge in [0.25, 0.3) is 0 Å². The van der Waals surface area contributed by atoms with E-state index in [0.29, 0.717) is 0 Å². The average Bonchev–Trinajstić information content (AvgIpc) is 2.04. The van der Waals surface area contributed by atoms with Crippen molar-refractivity contribution in [3.63, 3.8) is 0 Å². The molecule has 0 saturated heterocycles. The summed E-state index contributed by atoms with van der Waals surface area (Å²) < 4.78 is 4.55. The maximum atomic E-state index is 10.4. The van der Waals surface area contributed by atoms with E-state index in [0.717, 1.165) is 12.5 Å². The predicted octanol–water partition coefficient (Wildman–Crippen LogP) is 2.20. The van der Waals surface area contributed by atoms with Gasteiger partial charge in [0.15, 0.2) is 0 Å². The van der Waals surface area contributed by atoms with Crippen LogP contribution in [-0.2, 0) is 9.53 Å². The number of rotatable bonds is 4. The molecule has 0 atom stereocenters. The molecule has 0 saturated carbocycles. The van der Waals surface area contributed by atoms with Crippen LogP contribution in [0, 0.1) is 0 Å². The van der Waals surface area contributed by atoms with Gasteiger partial charge in [0.05, 0.1) is 6.26 Å². The molecule has 11 heavy (non-hydrogen) atoms. The molecule has 0 aliphatic carbocycles. The van der Waals surface area contributed by atoms with Crippen LogP contribution < -0.4 is 0 Å². The second-order valence-corrected chi connectivity index (χ2v) is 1.81. The normalized spacial score (nSPS) is 10.6. The Hall–Kier alpha value is -1.31. The highest BCUT2D eigenvalue weighted by Crippen LogP contribution is 1.84. The predicted molar refractivity (Wildman–Crippen MR) is 44.9 cm³/mol. The van der Waals surface area contributed by atoms with E-state index in [1.807, 2.05) is 19.1 Å². The summed E-state index contributed by atoms with van der Waals surface area (Å²) in [5, 5.41) is 0. The Bertz CT molecular complexity index is 178. The summed E-state index contributed by atoms with van der Waals surface area (Å²) in [6, 6.07) is 0. The summed E-state index contributed by atoms with van der Waals surface area (Å²) in [5.41, 5.74) is 0. The van der Waals surface area contributed by atoms with Gasteiger partial charge in [-0.3, -0.25) is 0 Å². The van der Waals surface area contributed by atoms with Gasteiger partial charge in [0, 0.05) is 6.08 Å². The largest absolute Gasteiger partial charge is 0.431 e. The van der Waals surface area contributed by atoms with Gasteiger partial charge in [0.1, 0.15) is 0 Å². The van der Waals surface area contributed by atoms with Crippen molar-refractivity contribution in [2.45, 2.75) is 13.3 Å². The molecule has 2 nitrogen and oxygen atoms in total. The number of hydrogen-bond donors (Lipinski definition) is 0. The third-order valence-electron chi connectivity index (χ3n) is 0.912. The van der Waals surface area contributed by atoms with Crippen LogP contribution in [0.15, 0.2) is 37.1 Å². The molecule has 0 amide bonds. The van der Waals surface area contributed by atoms with Gasteiger partial charge in [0.2, 0.25) is 0 Å². The first-order valence-electron chi connectivity index (χ1n) is 3.46. The molecule has 0 unspecified atom stereocenters. The number of allylic oxidation sites excluding steroid dienone is 3. The summed E-state index contributed by atoms with van der Waals surface area (Å²) in [4.78, 5) is 10.4. The molecule has 0 heterocycles. The highest BCUT2D eigenvalue weighted by Gasteiger charge is 1.86. The highest BCUT2D eigenvalue weighted by molar-refractivity contribution is 5.81. The van der Waals surface area contributed by atoms with Crippen LogP contribution in [0.3, 0.4) is 0 Å². The standard InChI is InChI=1S/C9H12O2/c1-3-5-6-7-8-11-9(10)4-2/h4-8H,2-3H2,1H3/b6-5+,8-7+. The van der Waals surface area contributed by atoms with Crippen molar-refractivity contribution in [3.05, 3.63) is 37.1 Å². The van der Waals surface area contributed by atoms with Crippen LogP contribution in [0.25, 0.3) is 0 Å². The fourth-order valence-electron chi connectivity index (χ4n) is 0.414. The first kappa shape index (κ1) is 9.69. The smallest absolute Gasteiger partial charge is 0.334 e. The lowest BCUT2D eigenvalue weighted by Crippen LogP contribution is -1.91. The van der Waals surface area contributed by atoms with E-state index < -0.39 is 5.97 Å². The summed E-state index contributed by atoms with van der Waals surface area (Å²) >= 11 is 0. The average molecular weight is 152 g/mol. The van der Waals surface area contributed by atoms with Crippen LogP contribution in [0.5, 0.6) is 0 Å². The zero-order valence-electron chi connectivity index (χ0n) is 6.62. The molecule has 0 rings (SSSR count). The second-order valence-electron chi connectivity index (χ2n) is 1.81. The van der Waals surface area contributed by atoms with Crippen molar-refractivity contribution in [1.82, 2.24) is 0 Å². The van der Waals surface area contributed by atoms with Crippen molar-refractivity contribution in [1.29, 1.82) is 0 Å². The Balaban J connectivity index is 3.52. The lowest BCUT2D eigenvalue weighted by atomic mass is 10.4. The van der Waals surface area contributed by atoms with E-state index in [1.165, 1.54) is 6.26 Å². The van der Waals surface area contributed by atoms with Crippen LogP contribution in [-0.4, -0.2) is 5.97 Å². The SMILES string of the molecule is C=CC(=O)O/C=C/C=C/CC. The third-order valence-corrected chi connectivity index (χ3v) is 0.912. The zero-order chi connectivity index (χ0) is 8.53. The Kier molecular flexibility index (Phi) is 5.99. The minimum Gasteiger partial charge on any atom is -0.431 e. The van der Waals surface area contributed by atoms with Crippen molar-refractivity contribution in [3.8, 4) is 0 Å². The Morgan fingerprint density at radius 3 is 2.82 bits per heavy atom. The minimum absolute atomic E-state index is 0.439. The molecular weight excluding hydrogens is 140 g/mol. The zero-order valence-corrected chi connectivity index (χ0v) is 6.62. The number of carbonyl (C=O) groups excluding carboxylic acids is 1. The molecule has 0 spiro atoms. The fourth-order valence-corrected chi connectivity index (χ4v) is 0.414. The molecule has 0 aromatic rings. The monoisotopic (exact) mass is 152 g/mol. The van der Waals surface area contributed by atoms with E-state index in [4.69, 9.17) is 0 Å². The summed E-state index contributed by atoms with van der Waals surface area (Å²) in [5.74, 6) is -0.439. The molecule has 0 fully saturated rings. The van der Waals surface area contributed by atoms with E-state index in [-0.39, 0.29) is 0 Å². The van der Waals surface area contributed by atoms with Crippen LogP contribution >= 0.6 is 0 Å². The molecule has 0 aromatic carbocycles. The molecule has 0 aromatic heterocycles. The first-order chi connectivity index (χ1) is 5.31. The van der Waals surface area contributed by atoms with Gasteiger partial charge >= 0.3 is 5.97 Å². The van der Waals surface area contributed by atoms with Crippen LogP contribution in [0.2, 0.25) is 0 Å². The third kappa shape index (κ3) is 6.58. The van der Waals surface area contributed by atoms with Gasteiger partial charge < -0.3 is 4.74 Å². The van der Waals surface area contributed by atoms with Crippen molar-refractivity contribution in [2.24, 2.45) is 0 Å². The van der Waals surface area contributed by atoms with Gasteiger partial charge in [-0.2, -0.15) is 0 Å². The van der Waals surface area contributed by atoms with Crippen LogP contribution in [0.1, 0.15) is 13.3 Å². The number of ether oxygens (including phenoxy) is 1. The number of hydrogen-bond acceptors (Lipinski definition) is 2. The summed E-state index contributed by atoms with van der Waals surface area (Å²) in [6.07, 6.45) is 8.85. The van der Waals surface area contributed by atoms with Crippen LogP contribution in [0.4, 0.5) is 0 Å². The minimum atomic E-state index is -0.439. The molecular formula is C9H12O2. The Morgan fingerprint density at radius 2 is 2.27 bits per heavy atom. The summed E-state index contributed by atoms with van der Waals surface area (Å²) in [6.45, 7) is 5.28. The van der Waals surface area contributed by atoms with Gasteiger partial charge in [-0.15, -0.1) is 0 Å². The number of esters is 1.